The van der Waals surface area contributed by atoms with Crippen molar-refractivity contribution in [3.05, 3.63) is 0 Å². The minimum atomic E-state index is -1.07. The number of nitrogens with one attached hydrogen (secondary N) is 1. The Bertz CT molecular complexity index is 452. The number of nitrogens with zero attached hydrogens (tertiary/aromatic N) is 1. The van der Waals surface area contributed by atoms with Gasteiger partial charge in [0.1, 0.15) is 5.41 Å². The first kappa shape index (κ1) is 15.0. The second-order valence-electron chi connectivity index (χ2n) is 6.78. The van der Waals surface area contributed by atoms with E-state index < -0.39 is 17.4 Å². The molecule has 0 aromatic rings. The van der Waals surface area contributed by atoms with Crippen LogP contribution >= 0.6 is 0 Å². The van der Waals surface area contributed by atoms with Crippen LogP contribution in [0.4, 0.5) is 4.79 Å². The number of imide groups is 2. The summed E-state index contributed by atoms with van der Waals surface area (Å²) < 4.78 is 0. The zero-order chi connectivity index (χ0) is 15.1. The van der Waals surface area contributed by atoms with Crippen molar-refractivity contribution in [2.45, 2.75) is 65.8 Å². The number of hydrogen-bond donors (Lipinski definition) is 1. The minimum absolute atomic E-state index is 0.0805. The second-order valence-corrected chi connectivity index (χ2v) is 6.78. The molecule has 0 aromatic carbocycles. The van der Waals surface area contributed by atoms with Crippen LogP contribution in [0, 0.1) is 10.8 Å². The molecule has 1 atom stereocenters. The quantitative estimate of drug-likeness (QED) is 0.807. The van der Waals surface area contributed by atoms with Gasteiger partial charge in [-0.05, 0) is 37.5 Å². The Morgan fingerprint density at radius 1 is 1.20 bits per heavy atom. The van der Waals surface area contributed by atoms with E-state index in [-0.39, 0.29) is 17.4 Å². The highest BCUT2D eigenvalue weighted by Crippen LogP contribution is 2.42. The van der Waals surface area contributed by atoms with Gasteiger partial charge in [-0.15, -0.1) is 0 Å². The smallest absolute Gasteiger partial charge is 0.277 e. The van der Waals surface area contributed by atoms with E-state index in [1.54, 1.807) is 0 Å². The van der Waals surface area contributed by atoms with Crippen molar-refractivity contribution in [3.8, 4) is 0 Å². The molecule has 1 saturated heterocycles. The number of carbonyl (C=O) groups excluding carboxylic acids is 3. The molecule has 1 heterocycles. The summed E-state index contributed by atoms with van der Waals surface area (Å²) in [7, 11) is 0. The number of hydrogen-bond acceptors (Lipinski definition) is 3. The van der Waals surface area contributed by atoms with E-state index >= 15 is 0 Å². The first-order chi connectivity index (χ1) is 9.27. The van der Waals surface area contributed by atoms with Crippen molar-refractivity contribution in [3.63, 3.8) is 0 Å². The molecule has 0 spiro atoms. The van der Waals surface area contributed by atoms with Gasteiger partial charge in [0.05, 0.1) is 0 Å². The summed E-state index contributed by atoms with van der Waals surface area (Å²) in [4.78, 5) is 38.3. The molecule has 0 radical (unpaired) electrons. The van der Waals surface area contributed by atoms with Gasteiger partial charge in [-0.25, -0.2) is 4.79 Å². The Labute approximate surface area is 120 Å². The third-order valence-electron chi connectivity index (χ3n) is 5.02. The molecule has 1 aliphatic heterocycles. The van der Waals surface area contributed by atoms with Crippen LogP contribution in [-0.4, -0.2) is 28.8 Å². The Balaban J connectivity index is 2.31. The highest BCUT2D eigenvalue weighted by Gasteiger charge is 2.54. The number of barbiturate groups is 1. The monoisotopic (exact) mass is 280 g/mol. The van der Waals surface area contributed by atoms with E-state index in [1.165, 1.54) is 4.90 Å². The van der Waals surface area contributed by atoms with Crippen molar-refractivity contribution in [1.29, 1.82) is 0 Å². The van der Waals surface area contributed by atoms with Crippen LogP contribution in [0.25, 0.3) is 0 Å². The summed E-state index contributed by atoms with van der Waals surface area (Å²) in [5.41, 5.74) is -0.922. The molecule has 4 amide bonds. The van der Waals surface area contributed by atoms with E-state index in [2.05, 4.69) is 19.2 Å². The van der Waals surface area contributed by atoms with Gasteiger partial charge < -0.3 is 0 Å². The molecule has 0 aromatic heterocycles. The lowest BCUT2D eigenvalue weighted by atomic mass is 9.78. The lowest BCUT2D eigenvalue weighted by molar-refractivity contribution is -0.153. The van der Waals surface area contributed by atoms with Crippen LogP contribution in [0.1, 0.15) is 59.8 Å². The molecule has 20 heavy (non-hydrogen) atoms. The van der Waals surface area contributed by atoms with Crippen molar-refractivity contribution in [1.82, 2.24) is 10.2 Å². The van der Waals surface area contributed by atoms with Gasteiger partial charge in [0.2, 0.25) is 11.8 Å². The molecule has 1 N–H and O–H groups in total. The van der Waals surface area contributed by atoms with Gasteiger partial charge in [0.25, 0.3) is 0 Å². The van der Waals surface area contributed by atoms with E-state index in [1.807, 2.05) is 13.8 Å². The summed E-state index contributed by atoms with van der Waals surface area (Å²) in [6, 6.07) is -0.622. The molecule has 5 nitrogen and oxygen atoms in total. The number of rotatable bonds is 3. The summed E-state index contributed by atoms with van der Waals surface area (Å²) in [6.07, 6.45) is 3.48. The molecule has 1 unspecified atom stereocenters. The molecule has 1 saturated carbocycles. The first-order valence-corrected chi connectivity index (χ1v) is 7.46. The maximum atomic E-state index is 12.8. The third-order valence-corrected chi connectivity index (χ3v) is 5.02. The Morgan fingerprint density at radius 2 is 1.80 bits per heavy atom. The van der Waals surface area contributed by atoms with E-state index in [9.17, 15) is 14.4 Å². The standard InChI is InChI=1S/C15H24N2O3/c1-5-15(6-2)11(18)16-13(20)17(12(15)19)10-7-8-14(3,4)9-10/h10H,5-9H2,1-4H3,(H,16,18,20). The lowest BCUT2D eigenvalue weighted by Crippen LogP contribution is -2.65. The summed E-state index contributed by atoms with van der Waals surface area (Å²) in [6.45, 7) is 7.95. The van der Waals surface area contributed by atoms with Crippen LogP contribution in [0.15, 0.2) is 0 Å². The molecule has 5 heteroatoms. The number of amides is 4. The molecule has 0 bridgehead atoms. The number of carbonyl (C=O) groups is 3. The van der Waals surface area contributed by atoms with Crippen molar-refractivity contribution in [2.24, 2.45) is 10.8 Å². The maximum Gasteiger partial charge on any atom is 0.331 e. The van der Waals surface area contributed by atoms with Crippen molar-refractivity contribution in [2.75, 3.05) is 0 Å². The normalized spacial score (nSPS) is 28.7. The average molecular weight is 280 g/mol. The zero-order valence-electron chi connectivity index (χ0n) is 12.8. The maximum absolute atomic E-state index is 12.8. The van der Waals surface area contributed by atoms with Gasteiger partial charge in [-0.1, -0.05) is 27.7 Å². The Kier molecular flexibility index (Phi) is 3.65. The first-order valence-electron chi connectivity index (χ1n) is 7.46. The lowest BCUT2D eigenvalue weighted by Gasteiger charge is -2.41. The summed E-state index contributed by atoms with van der Waals surface area (Å²) >= 11 is 0. The molecular formula is C15H24N2O3. The summed E-state index contributed by atoms with van der Waals surface area (Å²) in [5, 5.41) is 2.38. The van der Waals surface area contributed by atoms with Crippen LogP contribution in [0.2, 0.25) is 0 Å². The van der Waals surface area contributed by atoms with Crippen LogP contribution in [0.5, 0.6) is 0 Å². The fourth-order valence-electron chi connectivity index (χ4n) is 3.52. The zero-order valence-corrected chi connectivity index (χ0v) is 12.8. The molecular weight excluding hydrogens is 256 g/mol. The highest BCUT2D eigenvalue weighted by molar-refractivity contribution is 6.19. The van der Waals surface area contributed by atoms with Crippen LogP contribution < -0.4 is 5.32 Å². The highest BCUT2D eigenvalue weighted by atomic mass is 16.2. The summed E-state index contributed by atoms with van der Waals surface area (Å²) in [5.74, 6) is -0.745. The SMILES string of the molecule is CCC1(CC)C(=O)NC(=O)N(C2CCC(C)(C)C2)C1=O. The molecule has 112 valence electrons. The van der Waals surface area contributed by atoms with E-state index in [0.717, 1.165) is 19.3 Å². The third kappa shape index (κ3) is 2.13. The molecule has 2 rings (SSSR count). The van der Waals surface area contributed by atoms with E-state index in [0.29, 0.717) is 12.8 Å². The Hall–Kier alpha value is -1.39. The fraction of sp³-hybridized carbons (Fsp3) is 0.800. The predicted molar refractivity (Wildman–Crippen MR) is 74.8 cm³/mol. The average Bonchev–Trinajstić information content (AvgIpc) is 2.71. The van der Waals surface area contributed by atoms with Crippen molar-refractivity contribution >= 4 is 17.8 Å². The molecule has 2 aliphatic rings. The van der Waals surface area contributed by atoms with Gasteiger partial charge in [-0.3, -0.25) is 19.8 Å². The minimum Gasteiger partial charge on any atom is -0.277 e. The topological polar surface area (TPSA) is 66.5 Å². The van der Waals surface area contributed by atoms with Gasteiger partial charge in [-0.2, -0.15) is 0 Å². The van der Waals surface area contributed by atoms with Gasteiger partial charge in [0.15, 0.2) is 0 Å². The van der Waals surface area contributed by atoms with E-state index in [4.69, 9.17) is 0 Å². The second kappa shape index (κ2) is 4.86. The molecule has 2 fully saturated rings. The number of urea groups is 1. The predicted octanol–water partition coefficient (Wildman–Crippen LogP) is 2.45. The van der Waals surface area contributed by atoms with Crippen LogP contribution in [-0.2, 0) is 9.59 Å². The van der Waals surface area contributed by atoms with Crippen LogP contribution in [0.3, 0.4) is 0 Å². The Morgan fingerprint density at radius 3 is 2.25 bits per heavy atom. The largest absolute Gasteiger partial charge is 0.331 e. The molecule has 1 aliphatic carbocycles. The van der Waals surface area contributed by atoms with Crippen molar-refractivity contribution < 1.29 is 14.4 Å². The van der Waals surface area contributed by atoms with Gasteiger partial charge in [0, 0.05) is 6.04 Å². The van der Waals surface area contributed by atoms with Gasteiger partial charge >= 0.3 is 6.03 Å². The fourth-order valence-corrected chi connectivity index (χ4v) is 3.52.